The van der Waals surface area contributed by atoms with Crippen LogP contribution in [0.4, 0.5) is 10.5 Å². The minimum atomic E-state index is -1.13. The van der Waals surface area contributed by atoms with E-state index in [0.717, 1.165) is 55.2 Å². The van der Waals surface area contributed by atoms with E-state index in [1.54, 1.807) is 25.7 Å². The van der Waals surface area contributed by atoms with Crippen molar-refractivity contribution in [1.29, 1.82) is 0 Å². The molecule has 2 aromatic rings. The molecule has 9 nitrogen and oxygen atoms in total. The number of para-hydroxylation sites is 1. The van der Waals surface area contributed by atoms with Crippen molar-refractivity contribution in [1.82, 2.24) is 10.2 Å². The zero-order valence-corrected chi connectivity index (χ0v) is 28.3. The molecule has 0 heterocycles. The first kappa shape index (κ1) is 37.3. The summed E-state index contributed by atoms with van der Waals surface area (Å²) in [5.74, 6) is -1.43. The Hall–Kier alpha value is -3.88. The van der Waals surface area contributed by atoms with Gasteiger partial charge in [0.1, 0.15) is 17.7 Å². The lowest BCUT2D eigenvalue weighted by Crippen LogP contribution is -2.53. The lowest BCUT2D eigenvalue weighted by atomic mass is 9.98. The number of unbranched alkanes of at least 4 members (excludes halogenated alkanes) is 5. The minimum Gasteiger partial charge on any atom is -0.444 e. The first-order valence-electron chi connectivity index (χ1n) is 16.3. The summed E-state index contributed by atoms with van der Waals surface area (Å²) in [5, 5.41) is 5.77. The average Bonchev–Trinajstić information content (AvgIpc) is 2.97. The lowest BCUT2D eigenvalue weighted by molar-refractivity contribution is -0.141. The van der Waals surface area contributed by atoms with Crippen molar-refractivity contribution < 1.29 is 23.9 Å². The van der Waals surface area contributed by atoms with Gasteiger partial charge in [0.25, 0.3) is 5.91 Å². The van der Waals surface area contributed by atoms with Crippen LogP contribution in [0.3, 0.4) is 0 Å². The van der Waals surface area contributed by atoms with Gasteiger partial charge >= 0.3 is 6.09 Å². The number of hydrogen-bond donors (Lipinski definition) is 3. The maximum Gasteiger partial charge on any atom is 0.408 e. The molecule has 0 spiro atoms. The normalized spacial score (nSPS) is 12.6. The molecule has 0 aliphatic heterocycles. The van der Waals surface area contributed by atoms with Crippen molar-refractivity contribution in [2.75, 3.05) is 11.9 Å². The van der Waals surface area contributed by atoms with Crippen LogP contribution in [0, 0.1) is 13.8 Å². The number of aryl methyl sites for hydroxylation is 3. The molecule has 45 heavy (non-hydrogen) atoms. The van der Waals surface area contributed by atoms with Gasteiger partial charge in [0, 0.05) is 18.7 Å². The van der Waals surface area contributed by atoms with Crippen LogP contribution in [0.15, 0.2) is 42.5 Å². The molecule has 2 rings (SSSR count). The number of benzene rings is 2. The first-order chi connectivity index (χ1) is 21.3. The van der Waals surface area contributed by atoms with Gasteiger partial charge in [0.2, 0.25) is 11.8 Å². The summed E-state index contributed by atoms with van der Waals surface area (Å²) in [6.07, 6.45) is 5.83. The molecule has 4 N–H and O–H groups in total. The number of alkyl carbamates (subject to hydrolysis) is 1. The van der Waals surface area contributed by atoms with Gasteiger partial charge in [0.15, 0.2) is 0 Å². The van der Waals surface area contributed by atoms with Gasteiger partial charge in [-0.1, -0.05) is 88.4 Å². The van der Waals surface area contributed by atoms with E-state index in [1.807, 2.05) is 56.3 Å². The van der Waals surface area contributed by atoms with E-state index in [9.17, 15) is 19.2 Å². The summed E-state index contributed by atoms with van der Waals surface area (Å²) in [6, 6.07) is 11.4. The summed E-state index contributed by atoms with van der Waals surface area (Å²) in [4.78, 5) is 55.0. The van der Waals surface area contributed by atoms with E-state index in [2.05, 4.69) is 24.5 Å². The standard InChI is InChI=1S/C36H54N4O5/c1-8-10-11-12-13-14-24-40(34(43)29(22-23-30(37)41)38-35(44)45-36(5,6)7)32(28-20-18-27(9-2)19-21-28)33(42)39-31-25(3)16-15-17-26(31)4/h15-21,29,32H,8-14,22-24H2,1-7H3,(H2,37,41)(H,38,44)(H,39,42). The van der Waals surface area contributed by atoms with E-state index >= 15 is 0 Å². The van der Waals surface area contributed by atoms with Crippen LogP contribution in [0.25, 0.3) is 0 Å². The van der Waals surface area contributed by atoms with Crippen molar-refractivity contribution in [3.63, 3.8) is 0 Å². The maximum atomic E-state index is 14.5. The van der Waals surface area contributed by atoms with Crippen LogP contribution < -0.4 is 16.4 Å². The Bertz CT molecular complexity index is 1250. The Morgan fingerprint density at radius 3 is 2.04 bits per heavy atom. The average molecular weight is 623 g/mol. The van der Waals surface area contributed by atoms with Crippen LogP contribution in [-0.4, -0.2) is 46.9 Å². The van der Waals surface area contributed by atoms with Crippen molar-refractivity contribution >= 4 is 29.5 Å². The van der Waals surface area contributed by atoms with E-state index < -0.39 is 35.6 Å². The molecule has 2 aromatic carbocycles. The SMILES string of the molecule is CCCCCCCCN(C(=O)C(CCC(N)=O)NC(=O)OC(C)(C)C)C(C(=O)Nc1c(C)cccc1C)c1ccc(CC)cc1. The third-order valence-electron chi connectivity index (χ3n) is 7.70. The molecular weight excluding hydrogens is 568 g/mol. The Balaban J connectivity index is 2.58. The number of nitrogens with one attached hydrogen (secondary N) is 2. The number of primary amides is 1. The highest BCUT2D eigenvalue weighted by atomic mass is 16.6. The lowest BCUT2D eigenvalue weighted by Gasteiger charge is -2.35. The zero-order valence-electron chi connectivity index (χ0n) is 28.3. The fraction of sp³-hybridized carbons (Fsp3) is 0.556. The fourth-order valence-corrected chi connectivity index (χ4v) is 5.23. The molecule has 4 amide bonds. The number of rotatable bonds is 17. The van der Waals surface area contributed by atoms with Crippen LogP contribution in [0.2, 0.25) is 0 Å². The molecule has 2 unspecified atom stereocenters. The van der Waals surface area contributed by atoms with Crippen molar-refractivity contribution in [3.05, 3.63) is 64.7 Å². The zero-order chi connectivity index (χ0) is 33.6. The van der Waals surface area contributed by atoms with Crippen LogP contribution >= 0.6 is 0 Å². The second-order valence-electron chi connectivity index (χ2n) is 12.8. The van der Waals surface area contributed by atoms with Gasteiger partial charge in [-0.3, -0.25) is 14.4 Å². The number of nitrogens with zero attached hydrogens (tertiary/aromatic N) is 1. The number of carbonyl (C=O) groups excluding carboxylic acids is 4. The molecule has 0 saturated heterocycles. The van der Waals surface area contributed by atoms with Crippen LogP contribution in [0.1, 0.15) is 114 Å². The fourth-order valence-electron chi connectivity index (χ4n) is 5.23. The minimum absolute atomic E-state index is 0.0274. The summed E-state index contributed by atoms with van der Waals surface area (Å²) in [5.41, 5.74) is 8.92. The van der Waals surface area contributed by atoms with E-state index in [1.165, 1.54) is 0 Å². The van der Waals surface area contributed by atoms with Crippen LogP contribution in [0.5, 0.6) is 0 Å². The Morgan fingerprint density at radius 2 is 1.49 bits per heavy atom. The molecule has 0 aliphatic carbocycles. The van der Waals surface area contributed by atoms with Gasteiger partial charge in [-0.05, 0) is 76.1 Å². The molecule has 9 heteroatoms. The predicted molar refractivity (Wildman–Crippen MR) is 180 cm³/mol. The second kappa shape index (κ2) is 18.2. The molecule has 0 saturated carbocycles. The highest BCUT2D eigenvalue weighted by Crippen LogP contribution is 2.28. The summed E-state index contributed by atoms with van der Waals surface area (Å²) in [6.45, 7) is 13.5. The number of anilines is 1. The molecule has 2 atom stereocenters. The van der Waals surface area contributed by atoms with Gasteiger partial charge in [0.05, 0.1) is 0 Å². The van der Waals surface area contributed by atoms with Gasteiger partial charge in [-0.2, -0.15) is 0 Å². The first-order valence-corrected chi connectivity index (χ1v) is 16.3. The molecule has 0 fully saturated rings. The molecule has 0 bridgehead atoms. The molecule has 0 aromatic heterocycles. The quantitative estimate of drug-likeness (QED) is 0.165. The monoisotopic (exact) mass is 622 g/mol. The summed E-state index contributed by atoms with van der Waals surface area (Å²) in [7, 11) is 0. The smallest absolute Gasteiger partial charge is 0.408 e. The van der Waals surface area contributed by atoms with E-state index in [4.69, 9.17) is 10.5 Å². The Morgan fingerprint density at radius 1 is 0.889 bits per heavy atom. The maximum absolute atomic E-state index is 14.5. The highest BCUT2D eigenvalue weighted by molar-refractivity contribution is 6.00. The van der Waals surface area contributed by atoms with Gasteiger partial charge in [-0.15, -0.1) is 0 Å². The second-order valence-corrected chi connectivity index (χ2v) is 12.8. The number of nitrogens with two attached hydrogens (primary N) is 1. The number of ether oxygens (including phenoxy) is 1. The van der Waals surface area contributed by atoms with Crippen LogP contribution in [-0.2, 0) is 25.5 Å². The molecule has 0 aliphatic rings. The third-order valence-corrected chi connectivity index (χ3v) is 7.70. The highest BCUT2D eigenvalue weighted by Gasteiger charge is 2.36. The number of carbonyl (C=O) groups is 4. The van der Waals surface area contributed by atoms with E-state index in [-0.39, 0.29) is 25.3 Å². The Kier molecular flexibility index (Phi) is 15.1. The molecule has 0 radical (unpaired) electrons. The van der Waals surface area contributed by atoms with Crippen molar-refractivity contribution in [2.24, 2.45) is 5.73 Å². The van der Waals surface area contributed by atoms with Crippen molar-refractivity contribution in [2.45, 2.75) is 124 Å². The van der Waals surface area contributed by atoms with E-state index in [0.29, 0.717) is 17.7 Å². The molecular formula is C36H54N4O5. The topological polar surface area (TPSA) is 131 Å². The van der Waals surface area contributed by atoms with Gasteiger partial charge in [-0.25, -0.2) is 4.79 Å². The number of hydrogen-bond acceptors (Lipinski definition) is 5. The summed E-state index contributed by atoms with van der Waals surface area (Å²) >= 11 is 0. The Labute approximate surface area is 269 Å². The summed E-state index contributed by atoms with van der Waals surface area (Å²) < 4.78 is 5.45. The number of amides is 4. The largest absolute Gasteiger partial charge is 0.444 e. The third kappa shape index (κ3) is 12.6. The molecule has 248 valence electrons. The van der Waals surface area contributed by atoms with Gasteiger partial charge < -0.3 is 26.0 Å². The van der Waals surface area contributed by atoms with Crippen molar-refractivity contribution in [3.8, 4) is 0 Å². The predicted octanol–water partition coefficient (Wildman–Crippen LogP) is 6.89.